The Hall–Kier alpha value is -0.763. The molecule has 2 saturated heterocycles. The maximum atomic E-state index is 2.54. The summed E-state index contributed by atoms with van der Waals surface area (Å²) in [5, 5.41) is 0. The lowest BCUT2D eigenvalue weighted by atomic mass is 10.1. The second-order valence-corrected chi connectivity index (χ2v) is 13.0. The third-order valence-electron chi connectivity index (χ3n) is 5.52. The molecule has 0 aromatic heterocycles. The molecule has 1 aromatic carbocycles. The molecule has 2 heterocycles. The number of nitrogens with zero attached hydrogens (tertiary/aromatic N) is 1. The maximum absolute atomic E-state index is 2.54. The predicted octanol–water partition coefficient (Wildman–Crippen LogP) is 5.95. The average molecular weight is 304 g/mol. The molecule has 0 bridgehead atoms. The van der Waals surface area contributed by atoms with Crippen LogP contribution in [-0.2, 0) is 0 Å². The second kappa shape index (κ2) is 8.02. The molecule has 2 fully saturated rings. The summed E-state index contributed by atoms with van der Waals surface area (Å²) in [6.45, 7) is 10.0. The highest BCUT2D eigenvalue weighted by molar-refractivity contribution is 6.78. The molecule has 2 heteroatoms. The van der Waals surface area contributed by atoms with Crippen molar-refractivity contribution in [2.24, 2.45) is 0 Å². The minimum atomic E-state index is -0.694. The zero-order chi connectivity index (χ0) is 15.1. The van der Waals surface area contributed by atoms with Gasteiger partial charge < -0.3 is 4.90 Å². The Morgan fingerprint density at radius 1 is 0.905 bits per heavy atom. The topological polar surface area (TPSA) is 3.24 Å². The summed E-state index contributed by atoms with van der Waals surface area (Å²) < 4.78 is 0. The Kier molecular flexibility index (Phi) is 6.34. The first-order chi connectivity index (χ1) is 10.1. The van der Waals surface area contributed by atoms with Gasteiger partial charge in [-0.05, 0) is 36.9 Å². The van der Waals surface area contributed by atoms with Crippen LogP contribution >= 0.6 is 0 Å². The van der Waals surface area contributed by atoms with Crippen molar-refractivity contribution in [2.75, 3.05) is 18.0 Å². The Labute approximate surface area is 132 Å². The van der Waals surface area contributed by atoms with E-state index >= 15 is 0 Å². The van der Waals surface area contributed by atoms with Gasteiger partial charge in [-0.15, -0.1) is 0 Å². The molecule has 1 aromatic rings. The summed E-state index contributed by atoms with van der Waals surface area (Å²) in [4.78, 5) is 2.48. The fraction of sp³-hybridized carbons (Fsp3) is 0.684. The molecule has 0 aliphatic carbocycles. The first-order valence-corrected chi connectivity index (χ1v) is 12.2. The Balaban J connectivity index is 0.000000161. The van der Waals surface area contributed by atoms with Crippen LogP contribution in [0.25, 0.3) is 0 Å². The lowest BCUT2D eigenvalue weighted by Crippen LogP contribution is -2.33. The Morgan fingerprint density at radius 3 is 2.10 bits per heavy atom. The second-order valence-electron chi connectivity index (χ2n) is 7.52. The molecule has 0 amide bonds. The van der Waals surface area contributed by atoms with Crippen LogP contribution in [0.2, 0.25) is 24.7 Å². The fourth-order valence-corrected chi connectivity index (χ4v) is 6.10. The third-order valence-corrected chi connectivity index (χ3v) is 10.1. The van der Waals surface area contributed by atoms with Gasteiger partial charge in [0.15, 0.2) is 0 Å². The largest absolute Gasteiger partial charge is 0.372 e. The van der Waals surface area contributed by atoms with E-state index < -0.39 is 8.07 Å². The van der Waals surface area contributed by atoms with Gasteiger partial charge in [0.2, 0.25) is 0 Å². The minimum Gasteiger partial charge on any atom is -0.372 e. The van der Waals surface area contributed by atoms with Crippen molar-refractivity contribution >= 4 is 13.8 Å². The molecule has 1 nitrogen and oxygen atoms in total. The van der Waals surface area contributed by atoms with Gasteiger partial charge in [-0.2, -0.15) is 0 Å². The van der Waals surface area contributed by atoms with E-state index in [1.54, 1.807) is 6.04 Å². The van der Waals surface area contributed by atoms with Crippen molar-refractivity contribution in [1.29, 1.82) is 0 Å². The van der Waals surface area contributed by atoms with Crippen LogP contribution in [0.5, 0.6) is 0 Å². The average Bonchev–Trinajstić information content (AvgIpc) is 2.53. The van der Waals surface area contributed by atoms with Gasteiger partial charge >= 0.3 is 0 Å². The molecule has 3 rings (SSSR count). The highest BCUT2D eigenvalue weighted by atomic mass is 28.3. The van der Waals surface area contributed by atoms with Crippen molar-refractivity contribution in [3.63, 3.8) is 0 Å². The first-order valence-electron chi connectivity index (χ1n) is 8.89. The van der Waals surface area contributed by atoms with Crippen molar-refractivity contribution in [2.45, 2.75) is 70.1 Å². The molecule has 2 aliphatic rings. The number of hydrogen-bond donors (Lipinski definition) is 0. The highest BCUT2D eigenvalue weighted by Gasteiger charge is 2.30. The molecular weight excluding hydrogens is 270 g/mol. The summed E-state index contributed by atoms with van der Waals surface area (Å²) in [6, 6.07) is 12.3. The van der Waals surface area contributed by atoms with Crippen LogP contribution in [0, 0.1) is 0 Å². The van der Waals surface area contributed by atoms with E-state index in [1.165, 1.54) is 57.3 Å². The van der Waals surface area contributed by atoms with E-state index in [0.29, 0.717) is 0 Å². The summed E-state index contributed by atoms with van der Waals surface area (Å²) in [6.07, 6.45) is 8.65. The van der Waals surface area contributed by atoms with Crippen molar-refractivity contribution in [1.82, 2.24) is 0 Å². The minimum absolute atomic E-state index is 0.694. The molecule has 2 aliphatic heterocycles. The zero-order valence-electron chi connectivity index (χ0n) is 14.3. The quantitative estimate of drug-likeness (QED) is 0.580. The number of benzene rings is 1. The highest BCUT2D eigenvalue weighted by Crippen LogP contribution is 2.36. The number of hydrogen-bond acceptors (Lipinski definition) is 1. The molecule has 1 atom stereocenters. The summed E-state index contributed by atoms with van der Waals surface area (Å²) >= 11 is 0. The van der Waals surface area contributed by atoms with E-state index in [9.17, 15) is 0 Å². The summed E-state index contributed by atoms with van der Waals surface area (Å²) in [5.74, 6) is 0. The molecule has 0 N–H and O–H groups in total. The van der Waals surface area contributed by atoms with Crippen LogP contribution < -0.4 is 4.90 Å². The third kappa shape index (κ3) is 5.17. The number of piperidine rings is 1. The van der Waals surface area contributed by atoms with E-state index in [2.05, 4.69) is 55.2 Å². The van der Waals surface area contributed by atoms with Crippen LogP contribution in [0.1, 0.15) is 45.4 Å². The number of anilines is 1. The molecule has 0 saturated carbocycles. The fourth-order valence-electron chi connectivity index (χ4n) is 3.46. The van der Waals surface area contributed by atoms with Crippen LogP contribution in [0.3, 0.4) is 0 Å². The number of rotatable bonds is 1. The van der Waals surface area contributed by atoms with Gasteiger partial charge in [-0.3, -0.25) is 0 Å². The predicted molar refractivity (Wildman–Crippen MR) is 98.1 cm³/mol. The van der Waals surface area contributed by atoms with Crippen LogP contribution in [0.4, 0.5) is 5.69 Å². The van der Waals surface area contributed by atoms with E-state index in [-0.39, 0.29) is 0 Å². The standard InChI is InChI=1S/C11H15N.C8H18Si/c1-3-7-11(8-4-1)12-9-5-2-6-10-12;1-8-6-4-5-7-9(8,2)3/h1,3-4,7-8H,2,5-6,9-10H2;8H,4-7H2,1-3H3. The van der Waals surface area contributed by atoms with Crippen LogP contribution in [0.15, 0.2) is 30.3 Å². The van der Waals surface area contributed by atoms with Gasteiger partial charge in [0.1, 0.15) is 0 Å². The molecule has 0 radical (unpaired) electrons. The van der Waals surface area contributed by atoms with Gasteiger partial charge in [0.05, 0.1) is 8.07 Å². The molecule has 1 unspecified atom stereocenters. The SMILES string of the molecule is CC1CCCC[Si]1(C)C.c1ccc(N2CCCCC2)cc1. The van der Waals surface area contributed by atoms with Crippen molar-refractivity contribution in [3.05, 3.63) is 30.3 Å². The van der Waals surface area contributed by atoms with Crippen molar-refractivity contribution < 1.29 is 0 Å². The lowest BCUT2D eigenvalue weighted by molar-refractivity contribution is 0.578. The van der Waals surface area contributed by atoms with Crippen LogP contribution in [-0.4, -0.2) is 21.2 Å². The van der Waals surface area contributed by atoms with Gasteiger partial charge in [0.25, 0.3) is 0 Å². The van der Waals surface area contributed by atoms with E-state index in [1.807, 2.05) is 0 Å². The monoisotopic (exact) mass is 303 g/mol. The molecular formula is C19H33NSi. The van der Waals surface area contributed by atoms with E-state index in [4.69, 9.17) is 0 Å². The van der Waals surface area contributed by atoms with E-state index in [0.717, 1.165) is 5.54 Å². The summed E-state index contributed by atoms with van der Waals surface area (Å²) in [5.41, 5.74) is 2.48. The lowest BCUT2D eigenvalue weighted by Gasteiger charge is -2.34. The molecule has 21 heavy (non-hydrogen) atoms. The first kappa shape index (κ1) is 16.6. The normalized spacial score (nSPS) is 24.9. The zero-order valence-corrected chi connectivity index (χ0v) is 15.3. The van der Waals surface area contributed by atoms with Crippen molar-refractivity contribution in [3.8, 4) is 0 Å². The number of para-hydroxylation sites is 1. The maximum Gasteiger partial charge on any atom is 0.0502 e. The van der Waals surface area contributed by atoms with Gasteiger partial charge in [0, 0.05) is 18.8 Å². The van der Waals surface area contributed by atoms with Gasteiger partial charge in [-0.1, -0.05) is 63.5 Å². The molecule has 118 valence electrons. The van der Waals surface area contributed by atoms with Gasteiger partial charge in [-0.25, -0.2) is 0 Å². The summed E-state index contributed by atoms with van der Waals surface area (Å²) in [7, 11) is -0.694. The Bertz CT molecular complexity index is 395. The Morgan fingerprint density at radius 2 is 1.57 bits per heavy atom. The smallest absolute Gasteiger partial charge is 0.0502 e. The molecule has 0 spiro atoms.